The molecule has 1 amide bonds. The van der Waals surface area contributed by atoms with Crippen molar-refractivity contribution >= 4 is 53.1 Å². The third-order valence-electron chi connectivity index (χ3n) is 5.94. The minimum atomic E-state index is -3.75. The molecule has 11 heteroatoms. The Hall–Kier alpha value is -3.25. The Morgan fingerprint density at radius 1 is 0.816 bits per heavy atom. The molecular formula is C27H29N3O5S3. The van der Waals surface area contributed by atoms with Crippen molar-refractivity contribution < 1.29 is 21.6 Å². The number of anilines is 1. The number of thiophene rings is 1. The number of carbonyl (C=O) groups is 1. The van der Waals surface area contributed by atoms with Crippen LogP contribution >= 0.6 is 11.3 Å². The molecule has 0 unspecified atom stereocenters. The van der Waals surface area contributed by atoms with Gasteiger partial charge in [0.25, 0.3) is 15.9 Å². The minimum Gasteiger partial charge on any atom is -0.350 e. The molecule has 0 aliphatic heterocycles. The lowest BCUT2D eigenvalue weighted by atomic mass is 10.2. The van der Waals surface area contributed by atoms with E-state index in [1.165, 1.54) is 27.8 Å². The van der Waals surface area contributed by atoms with Gasteiger partial charge in [0.2, 0.25) is 10.0 Å². The molecular weight excluding hydrogens is 543 g/mol. The first-order chi connectivity index (χ1) is 18.0. The monoisotopic (exact) mass is 571 g/mol. The average Bonchev–Trinajstić information content (AvgIpc) is 3.31. The second-order valence-corrected chi connectivity index (χ2v) is 13.5. The van der Waals surface area contributed by atoms with E-state index in [0.29, 0.717) is 10.6 Å². The molecule has 8 nitrogen and oxygen atoms in total. The number of fused-ring (bicyclic) bond motifs is 1. The maximum absolute atomic E-state index is 13.3. The number of hydrogen-bond donors (Lipinski definition) is 2. The molecule has 4 rings (SSSR count). The van der Waals surface area contributed by atoms with Gasteiger partial charge < -0.3 is 5.32 Å². The summed E-state index contributed by atoms with van der Waals surface area (Å²) in [6.07, 6.45) is 0. The van der Waals surface area contributed by atoms with Crippen LogP contribution in [0.1, 0.15) is 27.7 Å². The van der Waals surface area contributed by atoms with E-state index in [1.807, 2.05) is 13.8 Å². The van der Waals surface area contributed by atoms with Crippen molar-refractivity contribution in [2.75, 3.05) is 23.9 Å². The first-order valence-corrected chi connectivity index (χ1v) is 15.7. The van der Waals surface area contributed by atoms with Crippen molar-refractivity contribution in [1.29, 1.82) is 0 Å². The van der Waals surface area contributed by atoms with Crippen molar-refractivity contribution in [2.24, 2.45) is 0 Å². The summed E-state index contributed by atoms with van der Waals surface area (Å²) < 4.78 is 56.0. The summed E-state index contributed by atoms with van der Waals surface area (Å²) in [5.41, 5.74) is 2.44. The smallest absolute Gasteiger partial charge is 0.264 e. The number of benzene rings is 3. The maximum Gasteiger partial charge on any atom is 0.264 e. The number of carbonyl (C=O) groups excluding carboxylic acids is 1. The number of nitrogens with one attached hydrogen (secondary N) is 2. The van der Waals surface area contributed by atoms with Gasteiger partial charge in [-0.3, -0.25) is 9.10 Å². The molecule has 0 radical (unpaired) electrons. The first-order valence-electron chi connectivity index (χ1n) is 12.0. The van der Waals surface area contributed by atoms with Crippen LogP contribution in [0.4, 0.5) is 5.69 Å². The van der Waals surface area contributed by atoms with Crippen LogP contribution in [0.2, 0.25) is 0 Å². The third-order valence-corrected chi connectivity index (χ3v) is 10.5. The largest absolute Gasteiger partial charge is 0.350 e. The summed E-state index contributed by atoms with van der Waals surface area (Å²) in [5, 5.41) is 3.48. The molecule has 0 aliphatic carbocycles. The summed E-state index contributed by atoms with van der Waals surface area (Å²) in [7, 11) is -7.41. The summed E-state index contributed by atoms with van der Waals surface area (Å²) in [4.78, 5) is 13.5. The lowest BCUT2D eigenvalue weighted by Gasteiger charge is -2.23. The predicted octanol–water partition coefficient (Wildman–Crippen LogP) is 4.44. The Kier molecular flexibility index (Phi) is 8.22. The van der Waals surface area contributed by atoms with Gasteiger partial charge in [-0.05, 0) is 74.7 Å². The highest BCUT2D eigenvalue weighted by Crippen LogP contribution is 2.32. The van der Waals surface area contributed by atoms with Gasteiger partial charge >= 0.3 is 0 Å². The first kappa shape index (κ1) is 27.8. The Morgan fingerprint density at radius 2 is 1.42 bits per heavy atom. The van der Waals surface area contributed by atoms with Crippen molar-refractivity contribution in [3.63, 3.8) is 0 Å². The highest BCUT2D eigenvalue weighted by atomic mass is 32.2. The number of nitrogens with zero attached hydrogens (tertiary/aromatic N) is 1. The Morgan fingerprint density at radius 3 is 2.03 bits per heavy atom. The van der Waals surface area contributed by atoms with Gasteiger partial charge in [-0.25, -0.2) is 21.6 Å². The lowest BCUT2D eigenvalue weighted by Crippen LogP contribution is -2.34. The highest BCUT2D eigenvalue weighted by molar-refractivity contribution is 7.92. The molecule has 0 bridgehead atoms. The van der Waals surface area contributed by atoms with Gasteiger partial charge in [-0.15, -0.1) is 11.3 Å². The fraction of sp³-hybridized carbons (Fsp3) is 0.222. The Balaban J connectivity index is 1.43. The van der Waals surface area contributed by atoms with Gasteiger partial charge in [-0.1, -0.05) is 35.4 Å². The molecule has 200 valence electrons. The highest BCUT2D eigenvalue weighted by Gasteiger charge is 2.24. The van der Waals surface area contributed by atoms with Gasteiger partial charge in [0.05, 0.1) is 20.4 Å². The summed E-state index contributed by atoms with van der Waals surface area (Å²) >= 11 is 1.28. The van der Waals surface area contributed by atoms with E-state index in [4.69, 9.17) is 0 Å². The second-order valence-electron chi connectivity index (χ2n) is 8.78. The molecule has 0 saturated heterocycles. The number of sulfonamides is 2. The fourth-order valence-electron chi connectivity index (χ4n) is 3.88. The van der Waals surface area contributed by atoms with Crippen LogP contribution in [0.15, 0.2) is 82.6 Å². The molecule has 1 aromatic heterocycles. The topological polar surface area (TPSA) is 113 Å². The molecule has 1 heterocycles. The zero-order valence-electron chi connectivity index (χ0n) is 21.3. The molecule has 0 spiro atoms. The van der Waals surface area contributed by atoms with E-state index < -0.39 is 20.0 Å². The van der Waals surface area contributed by atoms with Crippen molar-refractivity contribution in [3.05, 3.63) is 88.8 Å². The molecule has 38 heavy (non-hydrogen) atoms. The van der Waals surface area contributed by atoms with E-state index >= 15 is 0 Å². The summed E-state index contributed by atoms with van der Waals surface area (Å²) in [6.45, 7) is 5.95. The van der Waals surface area contributed by atoms with Crippen molar-refractivity contribution in [1.82, 2.24) is 10.0 Å². The molecule has 4 aromatic rings. The zero-order chi connectivity index (χ0) is 27.5. The molecule has 0 fully saturated rings. The van der Waals surface area contributed by atoms with Crippen LogP contribution in [0.3, 0.4) is 0 Å². The van der Waals surface area contributed by atoms with Crippen LogP contribution < -0.4 is 14.3 Å². The van der Waals surface area contributed by atoms with Crippen LogP contribution in [-0.4, -0.2) is 42.4 Å². The van der Waals surface area contributed by atoms with Gasteiger partial charge in [-0.2, -0.15) is 0 Å². The lowest BCUT2D eigenvalue weighted by molar-refractivity contribution is 0.0958. The third kappa shape index (κ3) is 6.07. The van der Waals surface area contributed by atoms with E-state index in [1.54, 1.807) is 67.6 Å². The van der Waals surface area contributed by atoms with Crippen molar-refractivity contribution in [3.8, 4) is 0 Å². The van der Waals surface area contributed by atoms with Gasteiger partial charge in [0.15, 0.2) is 0 Å². The molecule has 0 aliphatic rings. The van der Waals surface area contributed by atoms with Gasteiger partial charge in [0.1, 0.15) is 0 Å². The Labute approximate surface area is 227 Å². The molecule has 0 atom stereocenters. The standard InChI is InChI=1S/C27H29N3O5S3/c1-4-30(38(34,35)24-12-7-20(3)8-13-24)22-9-14-25-21(17-22)18-26(36-25)27(31)28-15-16-29-37(32,33)23-10-5-19(2)6-11-23/h5-14,17-18,29H,4,15-16H2,1-3H3,(H,28,31). The summed E-state index contributed by atoms with van der Waals surface area (Å²) in [6, 6.07) is 20.2. The van der Waals surface area contributed by atoms with E-state index in [9.17, 15) is 21.6 Å². The molecule has 0 saturated carbocycles. The second kappa shape index (κ2) is 11.2. The summed E-state index contributed by atoms with van der Waals surface area (Å²) in [5.74, 6) is -0.332. The van der Waals surface area contributed by atoms with Gasteiger partial charge in [0, 0.05) is 24.3 Å². The van der Waals surface area contributed by atoms with Crippen LogP contribution in [-0.2, 0) is 20.0 Å². The van der Waals surface area contributed by atoms with Crippen LogP contribution in [0.5, 0.6) is 0 Å². The Bertz CT molecular complexity index is 1660. The van der Waals surface area contributed by atoms with Crippen LogP contribution in [0, 0.1) is 13.8 Å². The number of aryl methyl sites for hydroxylation is 2. The average molecular weight is 572 g/mol. The normalized spacial score (nSPS) is 12.0. The quantitative estimate of drug-likeness (QED) is 0.273. The molecule has 3 aromatic carbocycles. The SMILES string of the molecule is CCN(c1ccc2sc(C(=O)NCCNS(=O)(=O)c3ccc(C)cc3)cc2c1)S(=O)(=O)c1ccc(C)cc1. The molecule has 2 N–H and O–H groups in total. The maximum atomic E-state index is 13.3. The van der Waals surface area contributed by atoms with Crippen LogP contribution in [0.25, 0.3) is 10.1 Å². The van der Waals surface area contributed by atoms with E-state index in [2.05, 4.69) is 10.0 Å². The number of hydrogen-bond acceptors (Lipinski definition) is 6. The predicted molar refractivity (Wildman–Crippen MR) is 152 cm³/mol. The minimum absolute atomic E-state index is 0.0410. The number of rotatable bonds is 10. The van der Waals surface area contributed by atoms with E-state index in [-0.39, 0.29) is 35.3 Å². The fourth-order valence-corrected chi connectivity index (χ4v) is 7.33. The van der Waals surface area contributed by atoms with E-state index in [0.717, 1.165) is 21.2 Å². The zero-order valence-corrected chi connectivity index (χ0v) is 23.7. The number of amides is 1. The van der Waals surface area contributed by atoms with Crippen molar-refractivity contribution in [2.45, 2.75) is 30.6 Å².